The molecule has 1 rings (SSSR count). The first-order valence-corrected chi connectivity index (χ1v) is 8.37. The maximum Gasteiger partial charge on any atom is 0.350 e. The minimum Gasteiger partial charge on any atom is -0.466 e. The zero-order chi connectivity index (χ0) is 15.7. The van der Waals surface area contributed by atoms with Gasteiger partial charge in [-0.25, -0.2) is 4.79 Å². The van der Waals surface area contributed by atoms with Gasteiger partial charge in [-0.05, 0) is 25.7 Å². The Morgan fingerprint density at radius 1 is 1.24 bits per heavy atom. The number of carbonyl (C=O) groups is 2. The lowest BCUT2D eigenvalue weighted by Crippen LogP contribution is -2.48. The Bertz CT molecular complexity index is 340. The standard InChI is InChI=1S/C17H30O4/c1-4-5-6-7-8-9-10-12-17(16(19)20-3)13-11-14(2)15(18)21-17/h14H,4-13H2,1-3H3/t14-,17+/m1/s1. The molecule has 0 spiro atoms. The van der Waals surface area contributed by atoms with E-state index in [1.807, 2.05) is 6.92 Å². The fraction of sp³-hybridized carbons (Fsp3) is 0.882. The molecule has 2 atom stereocenters. The van der Waals surface area contributed by atoms with Crippen molar-refractivity contribution in [2.45, 2.75) is 83.7 Å². The maximum absolute atomic E-state index is 12.0. The third kappa shape index (κ3) is 5.33. The van der Waals surface area contributed by atoms with Gasteiger partial charge in [0.1, 0.15) is 0 Å². The van der Waals surface area contributed by atoms with Gasteiger partial charge in [0.2, 0.25) is 5.60 Å². The zero-order valence-corrected chi connectivity index (χ0v) is 13.8. The van der Waals surface area contributed by atoms with Crippen LogP contribution in [-0.2, 0) is 19.1 Å². The summed E-state index contributed by atoms with van der Waals surface area (Å²) >= 11 is 0. The quantitative estimate of drug-likeness (QED) is 0.476. The highest BCUT2D eigenvalue weighted by molar-refractivity contribution is 5.85. The Hall–Kier alpha value is -1.06. The van der Waals surface area contributed by atoms with Crippen LogP contribution in [0.15, 0.2) is 0 Å². The first kappa shape index (κ1) is 18.0. The Morgan fingerprint density at radius 3 is 2.43 bits per heavy atom. The van der Waals surface area contributed by atoms with Gasteiger partial charge in [-0.1, -0.05) is 52.4 Å². The van der Waals surface area contributed by atoms with E-state index in [1.54, 1.807) is 0 Å². The van der Waals surface area contributed by atoms with Gasteiger partial charge in [0.25, 0.3) is 0 Å². The average Bonchev–Trinajstić information content (AvgIpc) is 2.49. The largest absolute Gasteiger partial charge is 0.466 e. The average molecular weight is 298 g/mol. The Kier molecular flexibility index (Phi) is 7.76. The van der Waals surface area contributed by atoms with E-state index >= 15 is 0 Å². The molecule has 0 radical (unpaired) electrons. The molecule has 1 saturated heterocycles. The molecule has 21 heavy (non-hydrogen) atoms. The van der Waals surface area contributed by atoms with Gasteiger partial charge in [0, 0.05) is 0 Å². The van der Waals surface area contributed by atoms with E-state index in [2.05, 4.69) is 6.92 Å². The van der Waals surface area contributed by atoms with E-state index in [4.69, 9.17) is 9.47 Å². The van der Waals surface area contributed by atoms with Gasteiger partial charge < -0.3 is 9.47 Å². The molecule has 4 heteroatoms. The highest BCUT2D eigenvalue weighted by atomic mass is 16.6. The van der Waals surface area contributed by atoms with Crippen LogP contribution in [0.4, 0.5) is 0 Å². The molecule has 0 N–H and O–H groups in total. The number of ether oxygens (including phenoxy) is 2. The molecular formula is C17H30O4. The number of unbranched alkanes of at least 4 members (excludes halogenated alkanes) is 6. The maximum atomic E-state index is 12.0. The summed E-state index contributed by atoms with van der Waals surface area (Å²) in [6, 6.07) is 0. The van der Waals surface area contributed by atoms with Crippen molar-refractivity contribution >= 4 is 11.9 Å². The summed E-state index contributed by atoms with van der Waals surface area (Å²) in [5.41, 5.74) is -1.03. The molecule has 0 aromatic rings. The number of rotatable bonds is 9. The van der Waals surface area contributed by atoms with Gasteiger partial charge in [-0.2, -0.15) is 0 Å². The van der Waals surface area contributed by atoms with Crippen molar-refractivity contribution in [3.8, 4) is 0 Å². The van der Waals surface area contributed by atoms with Gasteiger partial charge >= 0.3 is 11.9 Å². The summed E-state index contributed by atoms with van der Waals surface area (Å²) in [6.45, 7) is 4.05. The SMILES string of the molecule is CCCCCCCCC[C@@]1(C(=O)OC)CC[C@@H](C)C(=O)O1. The summed E-state index contributed by atoms with van der Waals surface area (Å²) in [5.74, 6) is -0.778. The minimum absolute atomic E-state index is 0.114. The van der Waals surface area contributed by atoms with Crippen LogP contribution < -0.4 is 0 Å². The van der Waals surface area contributed by atoms with Crippen LogP contribution in [0, 0.1) is 5.92 Å². The second kappa shape index (κ2) is 9.06. The molecule has 0 aromatic heterocycles. The third-order valence-electron chi connectivity index (χ3n) is 4.42. The van der Waals surface area contributed by atoms with Crippen molar-refractivity contribution in [2.75, 3.05) is 7.11 Å². The minimum atomic E-state index is -1.03. The molecule has 4 nitrogen and oxygen atoms in total. The fourth-order valence-electron chi connectivity index (χ4n) is 2.89. The lowest BCUT2D eigenvalue weighted by atomic mass is 9.85. The van der Waals surface area contributed by atoms with Crippen molar-refractivity contribution in [3.05, 3.63) is 0 Å². The summed E-state index contributed by atoms with van der Waals surface area (Å²) in [4.78, 5) is 23.9. The van der Waals surface area contributed by atoms with E-state index in [0.717, 1.165) is 12.8 Å². The predicted molar refractivity (Wildman–Crippen MR) is 81.8 cm³/mol. The number of hydrogen-bond donors (Lipinski definition) is 0. The fourth-order valence-corrected chi connectivity index (χ4v) is 2.89. The molecule has 1 heterocycles. The number of esters is 2. The summed E-state index contributed by atoms with van der Waals surface area (Å²) in [5, 5.41) is 0. The predicted octanol–water partition coefficient (Wildman–Crippen LogP) is 4.01. The van der Waals surface area contributed by atoms with Crippen molar-refractivity contribution in [3.63, 3.8) is 0 Å². The van der Waals surface area contributed by atoms with Gasteiger partial charge in [-0.15, -0.1) is 0 Å². The summed E-state index contributed by atoms with van der Waals surface area (Å²) in [7, 11) is 1.36. The zero-order valence-electron chi connectivity index (χ0n) is 13.8. The van der Waals surface area contributed by atoms with Gasteiger partial charge in [0.15, 0.2) is 0 Å². The Balaban J connectivity index is 2.41. The van der Waals surface area contributed by atoms with Crippen molar-refractivity contribution in [2.24, 2.45) is 5.92 Å². The highest BCUT2D eigenvalue weighted by Crippen LogP contribution is 2.34. The van der Waals surface area contributed by atoms with Crippen LogP contribution >= 0.6 is 0 Å². The van der Waals surface area contributed by atoms with E-state index in [9.17, 15) is 9.59 Å². The number of methoxy groups -OCH3 is 1. The Morgan fingerprint density at radius 2 is 1.86 bits per heavy atom. The molecule has 0 unspecified atom stereocenters. The van der Waals surface area contributed by atoms with Crippen LogP contribution in [-0.4, -0.2) is 24.6 Å². The Labute approximate surface area is 128 Å². The molecule has 0 amide bonds. The molecule has 1 aliphatic heterocycles. The molecule has 0 bridgehead atoms. The third-order valence-corrected chi connectivity index (χ3v) is 4.42. The second-order valence-electron chi connectivity index (χ2n) is 6.22. The van der Waals surface area contributed by atoms with Crippen LogP contribution in [0.2, 0.25) is 0 Å². The smallest absolute Gasteiger partial charge is 0.350 e. The molecule has 1 aliphatic rings. The van der Waals surface area contributed by atoms with Crippen LogP contribution in [0.25, 0.3) is 0 Å². The molecule has 0 saturated carbocycles. The molecule has 0 aromatic carbocycles. The molecule has 122 valence electrons. The summed E-state index contributed by atoms with van der Waals surface area (Å²) in [6.07, 6.45) is 10.1. The van der Waals surface area contributed by atoms with E-state index < -0.39 is 11.6 Å². The van der Waals surface area contributed by atoms with Crippen molar-refractivity contribution in [1.29, 1.82) is 0 Å². The number of carbonyl (C=O) groups excluding carboxylic acids is 2. The molecule has 1 fully saturated rings. The van der Waals surface area contributed by atoms with E-state index in [1.165, 1.54) is 39.2 Å². The van der Waals surface area contributed by atoms with Crippen molar-refractivity contribution in [1.82, 2.24) is 0 Å². The lowest BCUT2D eigenvalue weighted by Gasteiger charge is -2.36. The van der Waals surface area contributed by atoms with Crippen molar-refractivity contribution < 1.29 is 19.1 Å². The van der Waals surface area contributed by atoms with Crippen LogP contribution in [0.1, 0.15) is 78.1 Å². The van der Waals surface area contributed by atoms with E-state index in [0.29, 0.717) is 19.3 Å². The first-order chi connectivity index (χ1) is 10.1. The highest BCUT2D eigenvalue weighted by Gasteiger charge is 2.47. The van der Waals surface area contributed by atoms with Gasteiger partial charge in [0.05, 0.1) is 13.0 Å². The molecular weight excluding hydrogens is 268 g/mol. The monoisotopic (exact) mass is 298 g/mol. The molecule has 0 aliphatic carbocycles. The van der Waals surface area contributed by atoms with Gasteiger partial charge in [-0.3, -0.25) is 4.79 Å². The normalized spacial score (nSPS) is 25.5. The van der Waals surface area contributed by atoms with Crippen LogP contribution in [0.5, 0.6) is 0 Å². The summed E-state index contributed by atoms with van der Waals surface area (Å²) < 4.78 is 10.3. The van der Waals surface area contributed by atoms with Crippen LogP contribution in [0.3, 0.4) is 0 Å². The van der Waals surface area contributed by atoms with E-state index in [-0.39, 0.29) is 11.9 Å². The number of hydrogen-bond acceptors (Lipinski definition) is 4. The second-order valence-corrected chi connectivity index (χ2v) is 6.22. The topological polar surface area (TPSA) is 52.6 Å². The lowest BCUT2D eigenvalue weighted by molar-refractivity contribution is -0.192. The first-order valence-electron chi connectivity index (χ1n) is 8.37. The number of cyclic esters (lactones) is 1.